The van der Waals surface area contributed by atoms with Crippen LogP contribution in [0.5, 0.6) is 0 Å². The molecule has 10 heteroatoms. The molecule has 0 aliphatic rings. The number of rotatable bonds is 14. The highest BCUT2D eigenvalue weighted by Crippen LogP contribution is 2.20. The third-order valence-electron chi connectivity index (χ3n) is 6.33. The minimum atomic E-state index is -1.01. The maximum atomic E-state index is 13.7. The molecule has 4 N–H and O–H groups in total. The topological polar surface area (TPSA) is 131 Å². The molecule has 2 aromatic carbocycles. The lowest BCUT2D eigenvalue weighted by molar-refractivity contribution is -0.159. The van der Waals surface area contributed by atoms with Crippen molar-refractivity contribution >= 4 is 28.9 Å². The van der Waals surface area contributed by atoms with Crippen molar-refractivity contribution in [3.63, 3.8) is 0 Å². The molecule has 1 heterocycles. The van der Waals surface area contributed by atoms with Gasteiger partial charge < -0.3 is 25.1 Å². The van der Waals surface area contributed by atoms with Crippen molar-refractivity contribution in [3.8, 4) is 0 Å². The number of aromatic amines is 1. The summed E-state index contributed by atoms with van der Waals surface area (Å²) < 4.78 is 11.0. The molecule has 10 nitrogen and oxygen atoms in total. The summed E-state index contributed by atoms with van der Waals surface area (Å²) in [5.41, 5.74) is 4.48. The molecule has 0 aliphatic heterocycles. The molecule has 0 unspecified atom stereocenters. The Kier molecular flexibility index (Phi) is 12.1. The normalized spacial score (nSPS) is 13.3. The van der Waals surface area contributed by atoms with Gasteiger partial charge in [0.2, 0.25) is 5.91 Å². The number of hydrogen-bond acceptors (Lipinski definition) is 7. The summed E-state index contributed by atoms with van der Waals surface area (Å²) in [6.45, 7) is 11.8. The van der Waals surface area contributed by atoms with Gasteiger partial charge in [0.1, 0.15) is 24.3 Å². The molecule has 0 radical (unpaired) electrons. The van der Waals surface area contributed by atoms with E-state index in [1.807, 2.05) is 81.6 Å². The summed E-state index contributed by atoms with van der Waals surface area (Å²) in [5, 5.41) is 6.50. The summed E-state index contributed by atoms with van der Waals surface area (Å²) in [6, 6.07) is 15.1. The number of unbranched alkanes of at least 4 members (excludes halogenated alkanes) is 1. The number of esters is 1. The zero-order chi connectivity index (χ0) is 31.5. The largest absolute Gasteiger partial charge is 0.458 e. The molecule has 43 heavy (non-hydrogen) atoms. The van der Waals surface area contributed by atoms with Gasteiger partial charge in [0.15, 0.2) is 0 Å². The number of nitrogens with one attached hydrogen (secondary N) is 4. The van der Waals surface area contributed by atoms with Gasteiger partial charge in [-0.05, 0) is 78.0 Å². The molecule has 0 aliphatic carbocycles. The molecule has 3 rings (SSSR count). The van der Waals surface area contributed by atoms with E-state index in [2.05, 4.69) is 21.1 Å². The molecule has 0 saturated heterocycles. The molecule has 0 spiro atoms. The van der Waals surface area contributed by atoms with Crippen molar-refractivity contribution in [1.82, 2.24) is 21.1 Å². The molecular formula is C33H46N4O6. The predicted molar refractivity (Wildman–Crippen MR) is 166 cm³/mol. The molecule has 2 amide bonds. The number of hydrogen-bond donors (Lipinski definition) is 4. The fourth-order valence-electron chi connectivity index (χ4n) is 4.34. The van der Waals surface area contributed by atoms with Crippen LogP contribution in [0, 0.1) is 0 Å². The lowest BCUT2D eigenvalue weighted by atomic mass is 10.0. The third kappa shape index (κ3) is 12.1. The fourth-order valence-corrected chi connectivity index (χ4v) is 4.34. The third-order valence-corrected chi connectivity index (χ3v) is 6.33. The van der Waals surface area contributed by atoms with Crippen LogP contribution in [0.1, 0.15) is 71.9 Å². The highest BCUT2D eigenvalue weighted by atomic mass is 16.7. The van der Waals surface area contributed by atoms with E-state index in [9.17, 15) is 14.4 Å². The molecule has 0 saturated carbocycles. The van der Waals surface area contributed by atoms with Gasteiger partial charge in [-0.1, -0.05) is 48.5 Å². The van der Waals surface area contributed by atoms with Crippen LogP contribution in [0.2, 0.25) is 0 Å². The van der Waals surface area contributed by atoms with Crippen molar-refractivity contribution < 1.29 is 28.7 Å². The molecule has 3 aromatic rings. The smallest absolute Gasteiger partial charge is 0.408 e. The van der Waals surface area contributed by atoms with Crippen LogP contribution in [0.15, 0.2) is 60.8 Å². The maximum Gasteiger partial charge on any atom is 0.408 e. The minimum Gasteiger partial charge on any atom is -0.458 e. The van der Waals surface area contributed by atoms with Gasteiger partial charge in [-0.25, -0.2) is 15.1 Å². The van der Waals surface area contributed by atoms with Gasteiger partial charge >= 0.3 is 12.1 Å². The zero-order valence-corrected chi connectivity index (χ0v) is 26.1. The molecule has 2 atom stereocenters. The first-order chi connectivity index (χ1) is 20.3. The van der Waals surface area contributed by atoms with Crippen molar-refractivity contribution in [3.05, 3.63) is 71.9 Å². The zero-order valence-electron chi connectivity index (χ0n) is 26.1. The van der Waals surface area contributed by atoms with Gasteiger partial charge in [-0.2, -0.15) is 0 Å². The van der Waals surface area contributed by atoms with Crippen LogP contribution in [-0.2, 0) is 36.9 Å². The number of para-hydroxylation sites is 1. The molecule has 0 fully saturated rings. The Bertz CT molecular complexity index is 1330. The lowest BCUT2D eigenvalue weighted by Crippen LogP contribution is -2.53. The number of alkyl carbamates (subject to hydrolysis) is 1. The first kappa shape index (κ1) is 33.6. The average Bonchev–Trinajstić information content (AvgIpc) is 3.34. The number of hydroxylamine groups is 1. The van der Waals surface area contributed by atoms with Crippen molar-refractivity contribution in [2.75, 3.05) is 6.54 Å². The van der Waals surface area contributed by atoms with Gasteiger partial charge in [0, 0.05) is 30.1 Å². The molecule has 1 aromatic heterocycles. The van der Waals surface area contributed by atoms with E-state index in [1.54, 1.807) is 20.8 Å². The fraction of sp³-hybridized carbons (Fsp3) is 0.485. The number of amides is 2. The van der Waals surface area contributed by atoms with E-state index < -0.39 is 35.7 Å². The van der Waals surface area contributed by atoms with E-state index in [1.165, 1.54) is 0 Å². The van der Waals surface area contributed by atoms with E-state index in [0.717, 1.165) is 22.0 Å². The second-order valence-corrected chi connectivity index (χ2v) is 12.5. The number of carbonyl (C=O) groups is 3. The summed E-state index contributed by atoms with van der Waals surface area (Å²) in [5.74, 6) is -1.04. The van der Waals surface area contributed by atoms with E-state index in [0.29, 0.717) is 25.8 Å². The highest BCUT2D eigenvalue weighted by Gasteiger charge is 2.30. The van der Waals surface area contributed by atoms with Crippen molar-refractivity contribution in [2.24, 2.45) is 0 Å². The summed E-state index contributed by atoms with van der Waals surface area (Å²) in [7, 11) is 0. The number of H-pyrrole nitrogens is 1. The van der Waals surface area contributed by atoms with Crippen LogP contribution in [0.25, 0.3) is 10.9 Å². The Morgan fingerprint density at radius 2 is 1.53 bits per heavy atom. The molecule has 234 valence electrons. The standard InChI is InChI=1S/C33H46N4O6/c1-32(2,3)42-30(39)27(18-12-13-19-35-43-33(4,5)6)36-29(38)28(20-24-21-34-26-17-11-10-16-25(24)26)37-31(40)41-22-23-14-8-7-9-15-23/h7-11,14-17,21,27-28,34-35H,12-13,18-20,22H2,1-6H3,(H,36,38)(H,37,40)/t27-,28+/m0/s1. The van der Waals surface area contributed by atoms with Gasteiger partial charge in [0.25, 0.3) is 0 Å². The van der Waals surface area contributed by atoms with Crippen LogP contribution >= 0.6 is 0 Å². The van der Waals surface area contributed by atoms with Crippen LogP contribution in [-0.4, -0.2) is 52.8 Å². The molecular weight excluding hydrogens is 548 g/mol. The van der Waals surface area contributed by atoms with Crippen LogP contribution < -0.4 is 16.1 Å². The average molecular weight is 595 g/mol. The Morgan fingerprint density at radius 1 is 0.837 bits per heavy atom. The van der Waals surface area contributed by atoms with E-state index >= 15 is 0 Å². The lowest BCUT2D eigenvalue weighted by Gasteiger charge is -2.26. The number of ether oxygens (including phenoxy) is 2. The van der Waals surface area contributed by atoms with E-state index in [4.69, 9.17) is 14.3 Å². The van der Waals surface area contributed by atoms with Gasteiger partial charge in [-0.15, -0.1) is 0 Å². The van der Waals surface area contributed by atoms with Gasteiger partial charge in [-0.3, -0.25) is 9.63 Å². The van der Waals surface area contributed by atoms with Crippen LogP contribution in [0.4, 0.5) is 4.79 Å². The number of aromatic nitrogens is 1. The Labute approximate surface area is 254 Å². The highest BCUT2D eigenvalue weighted by molar-refractivity contribution is 5.91. The number of carbonyl (C=O) groups excluding carboxylic acids is 3. The quantitative estimate of drug-likeness (QED) is 0.113. The summed E-state index contributed by atoms with van der Waals surface area (Å²) >= 11 is 0. The summed E-state index contributed by atoms with van der Waals surface area (Å²) in [6.07, 6.45) is 2.97. The Hall–Kier alpha value is -3.89. The van der Waals surface area contributed by atoms with Gasteiger partial charge in [0.05, 0.1) is 5.60 Å². The second kappa shape index (κ2) is 15.5. The van der Waals surface area contributed by atoms with E-state index in [-0.39, 0.29) is 18.6 Å². The minimum absolute atomic E-state index is 0.0571. The van der Waals surface area contributed by atoms with Crippen LogP contribution in [0.3, 0.4) is 0 Å². The maximum absolute atomic E-state index is 13.7. The monoisotopic (exact) mass is 594 g/mol. The first-order valence-corrected chi connectivity index (χ1v) is 14.8. The Morgan fingerprint density at radius 3 is 2.23 bits per heavy atom. The SMILES string of the molecule is CC(C)(C)ONCCCC[C@H](NC(=O)[C@@H](Cc1c[nH]c2ccccc12)NC(=O)OCc1ccccc1)C(=O)OC(C)(C)C. The second-order valence-electron chi connectivity index (χ2n) is 12.5. The molecule has 0 bridgehead atoms. The summed E-state index contributed by atoms with van der Waals surface area (Å²) in [4.78, 5) is 48.4. The number of fused-ring (bicyclic) bond motifs is 1. The van der Waals surface area contributed by atoms with Crippen molar-refractivity contribution in [2.45, 2.75) is 97.1 Å². The number of benzene rings is 2. The first-order valence-electron chi connectivity index (χ1n) is 14.8. The Balaban J connectivity index is 1.72. The van der Waals surface area contributed by atoms with Crippen molar-refractivity contribution in [1.29, 1.82) is 0 Å². The predicted octanol–water partition coefficient (Wildman–Crippen LogP) is 5.32.